The van der Waals surface area contributed by atoms with Crippen LogP contribution >= 0.6 is 0 Å². The van der Waals surface area contributed by atoms with Gasteiger partial charge in [0.25, 0.3) is 0 Å². The van der Waals surface area contributed by atoms with Crippen LogP contribution in [-0.2, 0) is 9.53 Å². The Balaban J connectivity index is 2.00. The Labute approximate surface area is 140 Å². The summed E-state index contributed by atoms with van der Waals surface area (Å²) in [7, 11) is 0. The zero-order valence-corrected chi connectivity index (χ0v) is 14.3. The van der Waals surface area contributed by atoms with Crippen LogP contribution in [0.25, 0.3) is 0 Å². The number of allylic oxidation sites excluding steroid dienone is 6. The fourth-order valence-electron chi connectivity index (χ4n) is 2.20. The van der Waals surface area contributed by atoms with Gasteiger partial charge < -0.3 is 9.84 Å². The Bertz CT molecular complexity index is 456. The molecule has 1 N–H and O–H groups in total. The molecule has 0 aromatic carbocycles. The summed E-state index contributed by atoms with van der Waals surface area (Å²) in [6.45, 7) is 2.22. The molecule has 0 bridgehead atoms. The summed E-state index contributed by atoms with van der Waals surface area (Å²) in [4.78, 5) is 10.3. The average molecular weight is 318 g/mol. The van der Waals surface area contributed by atoms with Crippen molar-refractivity contribution in [2.75, 3.05) is 0 Å². The lowest BCUT2D eigenvalue weighted by Gasteiger charge is -1.90. The van der Waals surface area contributed by atoms with Crippen molar-refractivity contribution in [3.8, 4) is 0 Å². The molecule has 1 aliphatic heterocycles. The van der Waals surface area contributed by atoms with Gasteiger partial charge in [-0.15, -0.1) is 0 Å². The van der Waals surface area contributed by atoms with Gasteiger partial charge in [0.1, 0.15) is 11.5 Å². The van der Waals surface area contributed by atoms with E-state index in [9.17, 15) is 4.79 Å². The van der Waals surface area contributed by atoms with Crippen LogP contribution < -0.4 is 0 Å². The van der Waals surface area contributed by atoms with Crippen molar-refractivity contribution in [1.82, 2.24) is 0 Å². The van der Waals surface area contributed by atoms with Gasteiger partial charge in [0.05, 0.1) is 0 Å². The third-order valence-corrected chi connectivity index (χ3v) is 3.63. The Morgan fingerprint density at radius 1 is 0.913 bits per heavy atom. The molecule has 0 aromatic rings. The van der Waals surface area contributed by atoms with Crippen molar-refractivity contribution in [1.29, 1.82) is 0 Å². The monoisotopic (exact) mass is 318 g/mol. The highest BCUT2D eigenvalue weighted by atomic mass is 16.6. The van der Waals surface area contributed by atoms with E-state index in [0.29, 0.717) is 6.42 Å². The molecule has 1 rings (SSSR count). The molecule has 0 aliphatic carbocycles. The van der Waals surface area contributed by atoms with E-state index in [2.05, 4.69) is 43.4 Å². The van der Waals surface area contributed by atoms with Crippen molar-refractivity contribution < 1.29 is 14.6 Å². The number of aliphatic carboxylic acids is 1. The van der Waals surface area contributed by atoms with Crippen LogP contribution in [0.3, 0.4) is 0 Å². The SMILES string of the molecule is CCCCC/C=C\CC1=C(C/C=C\C/C=C\CCCC(=O)O)O1. The minimum Gasteiger partial charge on any atom is -0.481 e. The molecular weight excluding hydrogens is 288 g/mol. The maximum atomic E-state index is 10.3. The number of hydrogen-bond acceptors (Lipinski definition) is 2. The lowest BCUT2D eigenvalue weighted by atomic mass is 10.2. The largest absolute Gasteiger partial charge is 0.481 e. The Hall–Kier alpha value is -1.77. The summed E-state index contributed by atoms with van der Waals surface area (Å²) >= 11 is 0. The second-order valence-corrected chi connectivity index (χ2v) is 5.79. The molecule has 1 aliphatic rings. The van der Waals surface area contributed by atoms with E-state index in [4.69, 9.17) is 9.84 Å². The standard InChI is InChI=1S/C20H30O3/c1-2-3-4-5-9-12-15-18-19(23-18)16-13-10-7-6-8-11-14-17-20(21)22/h6,8-10,12-13H,2-5,7,11,14-17H2,1H3,(H,21,22)/b8-6-,12-9-,13-10-. The van der Waals surface area contributed by atoms with Crippen LogP contribution in [0.5, 0.6) is 0 Å². The first-order valence-electron chi connectivity index (χ1n) is 8.80. The van der Waals surface area contributed by atoms with Gasteiger partial charge in [0, 0.05) is 19.3 Å². The van der Waals surface area contributed by atoms with E-state index >= 15 is 0 Å². The molecule has 0 saturated heterocycles. The third kappa shape index (κ3) is 11.5. The van der Waals surface area contributed by atoms with Gasteiger partial charge in [-0.2, -0.15) is 0 Å². The van der Waals surface area contributed by atoms with Crippen molar-refractivity contribution in [3.63, 3.8) is 0 Å². The molecule has 0 fully saturated rings. The van der Waals surface area contributed by atoms with Gasteiger partial charge in [-0.1, -0.05) is 56.2 Å². The fraction of sp³-hybridized carbons (Fsp3) is 0.550. The molecule has 0 amide bonds. The number of ether oxygens (including phenoxy) is 1. The van der Waals surface area contributed by atoms with Crippen LogP contribution in [0.1, 0.15) is 71.1 Å². The van der Waals surface area contributed by atoms with Crippen molar-refractivity contribution in [3.05, 3.63) is 48.0 Å². The van der Waals surface area contributed by atoms with E-state index in [-0.39, 0.29) is 6.42 Å². The normalized spacial score (nSPS) is 14.3. The molecule has 0 spiro atoms. The molecule has 0 unspecified atom stereocenters. The molecule has 0 saturated carbocycles. The van der Waals surface area contributed by atoms with Crippen LogP contribution in [-0.4, -0.2) is 11.1 Å². The Kier molecular flexibility index (Phi) is 10.7. The highest BCUT2D eigenvalue weighted by Crippen LogP contribution is 2.32. The second kappa shape index (κ2) is 12.7. The quantitative estimate of drug-likeness (QED) is 0.320. The smallest absolute Gasteiger partial charge is 0.303 e. The maximum Gasteiger partial charge on any atom is 0.303 e. The highest BCUT2D eigenvalue weighted by molar-refractivity contribution is 5.66. The molecular formula is C20H30O3. The summed E-state index contributed by atoms with van der Waals surface area (Å²) < 4.78 is 5.48. The van der Waals surface area contributed by atoms with Gasteiger partial charge >= 0.3 is 5.97 Å². The fourth-order valence-corrected chi connectivity index (χ4v) is 2.20. The maximum absolute atomic E-state index is 10.3. The van der Waals surface area contributed by atoms with Crippen LogP contribution in [0.2, 0.25) is 0 Å². The first-order valence-corrected chi connectivity index (χ1v) is 8.80. The van der Waals surface area contributed by atoms with E-state index in [0.717, 1.165) is 37.2 Å². The number of carboxylic acids is 1. The van der Waals surface area contributed by atoms with Gasteiger partial charge in [0.2, 0.25) is 0 Å². The molecule has 23 heavy (non-hydrogen) atoms. The van der Waals surface area contributed by atoms with E-state index in [1.165, 1.54) is 25.7 Å². The predicted molar refractivity (Wildman–Crippen MR) is 95.0 cm³/mol. The van der Waals surface area contributed by atoms with Crippen LogP contribution in [0, 0.1) is 0 Å². The molecule has 128 valence electrons. The zero-order chi connectivity index (χ0) is 16.8. The minimum atomic E-state index is -0.720. The van der Waals surface area contributed by atoms with E-state index in [1.807, 2.05) is 0 Å². The topological polar surface area (TPSA) is 49.8 Å². The summed E-state index contributed by atoms with van der Waals surface area (Å²) in [5, 5.41) is 8.51. The van der Waals surface area contributed by atoms with Gasteiger partial charge in [-0.25, -0.2) is 0 Å². The summed E-state index contributed by atoms with van der Waals surface area (Å²) in [5.41, 5.74) is 0. The number of unbranched alkanes of at least 4 members (excludes halogenated alkanes) is 4. The van der Waals surface area contributed by atoms with Crippen molar-refractivity contribution in [2.45, 2.75) is 71.1 Å². The average Bonchev–Trinajstić information content (AvgIpc) is 3.27. The van der Waals surface area contributed by atoms with Crippen molar-refractivity contribution >= 4 is 5.97 Å². The number of carbonyl (C=O) groups is 1. The van der Waals surface area contributed by atoms with Crippen LogP contribution in [0.4, 0.5) is 0 Å². The number of rotatable bonds is 14. The summed E-state index contributed by atoms with van der Waals surface area (Å²) in [6.07, 6.45) is 22.4. The van der Waals surface area contributed by atoms with Gasteiger partial charge in [0.15, 0.2) is 0 Å². The highest BCUT2D eigenvalue weighted by Gasteiger charge is 2.21. The lowest BCUT2D eigenvalue weighted by molar-refractivity contribution is -0.137. The van der Waals surface area contributed by atoms with Gasteiger partial charge in [-0.05, 0) is 32.1 Å². The first-order chi connectivity index (χ1) is 11.2. The molecule has 3 nitrogen and oxygen atoms in total. The molecule has 0 aromatic heterocycles. The summed E-state index contributed by atoms with van der Waals surface area (Å²) in [5.74, 6) is 1.53. The predicted octanol–water partition coefficient (Wildman–Crippen LogP) is 5.90. The number of carboxylic acid groups (broad SMARTS) is 1. The first kappa shape index (κ1) is 19.3. The molecule has 0 atom stereocenters. The molecule has 0 radical (unpaired) electrons. The van der Waals surface area contributed by atoms with E-state index in [1.54, 1.807) is 0 Å². The lowest BCUT2D eigenvalue weighted by Crippen LogP contribution is -1.92. The Morgan fingerprint density at radius 3 is 2.22 bits per heavy atom. The third-order valence-electron chi connectivity index (χ3n) is 3.63. The molecule has 1 heterocycles. The van der Waals surface area contributed by atoms with Crippen LogP contribution in [0.15, 0.2) is 48.0 Å². The van der Waals surface area contributed by atoms with E-state index < -0.39 is 5.97 Å². The Morgan fingerprint density at radius 2 is 1.52 bits per heavy atom. The summed E-state index contributed by atoms with van der Waals surface area (Å²) in [6, 6.07) is 0. The molecule has 3 heteroatoms. The zero-order valence-electron chi connectivity index (χ0n) is 14.3. The minimum absolute atomic E-state index is 0.251. The number of hydrogen-bond donors (Lipinski definition) is 1. The van der Waals surface area contributed by atoms with Crippen molar-refractivity contribution in [2.24, 2.45) is 0 Å². The second-order valence-electron chi connectivity index (χ2n) is 5.79. The van der Waals surface area contributed by atoms with Gasteiger partial charge in [-0.3, -0.25) is 4.79 Å².